The van der Waals surface area contributed by atoms with Crippen molar-refractivity contribution < 1.29 is 9.18 Å². The third-order valence-electron chi connectivity index (χ3n) is 4.58. The number of carbonyl (C=O) groups excluding carboxylic acids is 1. The number of amides is 1. The molecule has 2 aromatic rings. The highest BCUT2D eigenvalue weighted by Gasteiger charge is 2.27. The average molecular weight is 358 g/mol. The maximum Gasteiger partial charge on any atom is 0.291 e. The Bertz CT molecular complexity index is 825. The fourth-order valence-electron chi connectivity index (χ4n) is 3.00. The number of rotatable bonds is 4. The van der Waals surface area contributed by atoms with Crippen LogP contribution in [-0.4, -0.2) is 59.0 Å². The summed E-state index contributed by atoms with van der Waals surface area (Å²) in [6, 6.07) is 1.72. The lowest BCUT2D eigenvalue weighted by atomic mass is 10.2. The second-order valence-electron chi connectivity index (χ2n) is 6.71. The van der Waals surface area contributed by atoms with E-state index in [1.807, 2.05) is 13.8 Å². The molecule has 138 valence electrons. The van der Waals surface area contributed by atoms with Crippen LogP contribution in [0.15, 0.2) is 18.5 Å². The van der Waals surface area contributed by atoms with Crippen LogP contribution >= 0.6 is 0 Å². The van der Waals surface area contributed by atoms with E-state index in [9.17, 15) is 9.18 Å². The first-order valence-corrected chi connectivity index (χ1v) is 8.54. The molecule has 2 aromatic heterocycles. The zero-order valence-corrected chi connectivity index (χ0v) is 15.5. The second kappa shape index (κ2) is 7.23. The van der Waals surface area contributed by atoms with Crippen LogP contribution in [0.25, 0.3) is 0 Å². The Hall–Kier alpha value is -2.77. The van der Waals surface area contributed by atoms with Crippen LogP contribution in [0.5, 0.6) is 0 Å². The lowest BCUT2D eigenvalue weighted by Crippen LogP contribution is -2.30. The van der Waals surface area contributed by atoms with Gasteiger partial charge in [-0.25, -0.2) is 14.4 Å². The first kappa shape index (κ1) is 18.0. The van der Waals surface area contributed by atoms with Crippen LogP contribution < -0.4 is 10.2 Å². The van der Waals surface area contributed by atoms with Crippen molar-refractivity contribution in [2.24, 2.45) is 0 Å². The van der Waals surface area contributed by atoms with Crippen molar-refractivity contribution in [3.63, 3.8) is 0 Å². The minimum absolute atomic E-state index is 0.0922. The summed E-state index contributed by atoms with van der Waals surface area (Å²) in [5.41, 5.74) is 2.19. The van der Waals surface area contributed by atoms with Crippen molar-refractivity contribution in [1.29, 1.82) is 0 Å². The van der Waals surface area contributed by atoms with Gasteiger partial charge < -0.3 is 15.1 Å². The molecule has 0 bridgehead atoms. The largest absolute Gasteiger partial charge is 0.378 e. The van der Waals surface area contributed by atoms with Crippen LogP contribution in [0.3, 0.4) is 0 Å². The Morgan fingerprint density at radius 3 is 2.81 bits per heavy atom. The van der Waals surface area contributed by atoms with E-state index in [1.165, 1.54) is 11.1 Å². The molecule has 1 N–H and O–H groups in total. The van der Waals surface area contributed by atoms with Crippen molar-refractivity contribution in [1.82, 2.24) is 19.9 Å². The molecule has 3 heterocycles. The van der Waals surface area contributed by atoms with Gasteiger partial charge in [-0.15, -0.1) is 0 Å². The molecule has 0 aliphatic carbocycles. The van der Waals surface area contributed by atoms with Crippen molar-refractivity contribution in [2.45, 2.75) is 26.3 Å². The molecule has 1 amide bonds. The third kappa shape index (κ3) is 3.58. The summed E-state index contributed by atoms with van der Waals surface area (Å²) in [4.78, 5) is 28.4. The van der Waals surface area contributed by atoms with Gasteiger partial charge in [0.05, 0.1) is 11.9 Å². The maximum atomic E-state index is 13.8. The van der Waals surface area contributed by atoms with Gasteiger partial charge in [0.15, 0.2) is 5.82 Å². The number of nitrogens with zero attached hydrogens (tertiary/aromatic N) is 5. The van der Waals surface area contributed by atoms with Gasteiger partial charge >= 0.3 is 0 Å². The van der Waals surface area contributed by atoms with E-state index in [0.29, 0.717) is 12.2 Å². The van der Waals surface area contributed by atoms with E-state index in [-0.39, 0.29) is 23.6 Å². The minimum atomic E-state index is -0.362. The Labute approximate surface area is 152 Å². The molecule has 7 nitrogen and oxygen atoms in total. The van der Waals surface area contributed by atoms with E-state index in [0.717, 1.165) is 30.0 Å². The standard InChI is InChI=1S/C18H23FN6O/c1-11-12(2)21-16(18(26)24(3)4)23-17(11)25-8-6-13(10-25)22-15-5-7-20-9-14(15)19/h5,7,9,13H,6,8,10H2,1-4H3,(H,20,22)/t13-/m1/s1. The summed E-state index contributed by atoms with van der Waals surface area (Å²) in [5.74, 6) is 0.382. The summed E-state index contributed by atoms with van der Waals surface area (Å²) in [6.45, 7) is 5.29. The van der Waals surface area contributed by atoms with Gasteiger partial charge in [-0.2, -0.15) is 0 Å². The number of anilines is 2. The Balaban J connectivity index is 1.80. The molecule has 8 heteroatoms. The zero-order valence-electron chi connectivity index (χ0n) is 15.5. The summed E-state index contributed by atoms with van der Waals surface area (Å²) >= 11 is 0. The van der Waals surface area contributed by atoms with Crippen LogP contribution in [-0.2, 0) is 0 Å². The first-order chi connectivity index (χ1) is 12.4. The molecule has 0 radical (unpaired) electrons. The molecule has 26 heavy (non-hydrogen) atoms. The highest BCUT2D eigenvalue weighted by atomic mass is 19.1. The average Bonchev–Trinajstić information content (AvgIpc) is 3.06. The predicted octanol–water partition coefficient (Wildman–Crippen LogP) is 2.02. The second-order valence-corrected chi connectivity index (χ2v) is 6.71. The SMILES string of the molecule is Cc1nc(C(=O)N(C)C)nc(N2CC[C@@H](Nc3ccncc3F)C2)c1C. The first-order valence-electron chi connectivity index (χ1n) is 8.54. The fraction of sp³-hybridized carbons (Fsp3) is 0.444. The number of pyridine rings is 1. The fourth-order valence-corrected chi connectivity index (χ4v) is 3.00. The van der Waals surface area contributed by atoms with E-state index >= 15 is 0 Å². The van der Waals surface area contributed by atoms with Crippen molar-refractivity contribution in [2.75, 3.05) is 37.4 Å². The normalized spacial score (nSPS) is 16.7. The highest BCUT2D eigenvalue weighted by Crippen LogP contribution is 2.26. The predicted molar refractivity (Wildman–Crippen MR) is 98.0 cm³/mol. The number of aromatic nitrogens is 3. The molecule has 3 rings (SSSR count). The molecule has 0 aromatic carbocycles. The molecule has 1 aliphatic rings. The number of halogens is 1. The monoisotopic (exact) mass is 358 g/mol. The van der Waals surface area contributed by atoms with Gasteiger partial charge in [0.25, 0.3) is 5.91 Å². The molecular formula is C18H23FN6O. The zero-order chi connectivity index (χ0) is 18.8. The van der Waals surface area contributed by atoms with Gasteiger partial charge in [0.1, 0.15) is 5.82 Å². The quantitative estimate of drug-likeness (QED) is 0.901. The van der Waals surface area contributed by atoms with Crippen molar-refractivity contribution in [3.05, 3.63) is 41.4 Å². The molecule has 1 aliphatic heterocycles. The Morgan fingerprint density at radius 2 is 2.12 bits per heavy atom. The van der Waals surface area contributed by atoms with Crippen molar-refractivity contribution >= 4 is 17.4 Å². The van der Waals surface area contributed by atoms with E-state index < -0.39 is 0 Å². The minimum Gasteiger partial charge on any atom is -0.378 e. The molecule has 0 saturated carbocycles. The smallest absolute Gasteiger partial charge is 0.291 e. The third-order valence-corrected chi connectivity index (χ3v) is 4.58. The topological polar surface area (TPSA) is 74.2 Å². The summed E-state index contributed by atoms with van der Waals surface area (Å²) in [5, 5.41) is 3.22. The molecule has 1 fully saturated rings. The molecule has 0 unspecified atom stereocenters. The Kier molecular flexibility index (Phi) is 5.01. The van der Waals surface area contributed by atoms with Crippen LogP contribution in [0.1, 0.15) is 28.3 Å². The highest BCUT2D eigenvalue weighted by molar-refractivity contribution is 5.90. The van der Waals surface area contributed by atoms with Gasteiger partial charge in [0, 0.05) is 50.7 Å². The van der Waals surface area contributed by atoms with Gasteiger partial charge in [-0.05, 0) is 26.3 Å². The molecule has 1 atom stereocenters. The molecular weight excluding hydrogens is 335 g/mol. The summed E-state index contributed by atoms with van der Waals surface area (Å²) in [7, 11) is 3.36. The lowest BCUT2D eigenvalue weighted by Gasteiger charge is -2.22. The number of carbonyl (C=O) groups is 1. The molecule has 1 saturated heterocycles. The molecule has 0 spiro atoms. The van der Waals surface area contributed by atoms with Gasteiger partial charge in [0.2, 0.25) is 5.82 Å². The number of nitrogens with one attached hydrogen (secondary N) is 1. The van der Waals surface area contributed by atoms with Crippen molar-refractivity contribution in [3.8, 4) is 0 Å². The number of hydrogen-bond acceptors (Lipinski definition) is 6. The summed E-state index contributed by atoms with van der Waals surface area (Å²) < 4.78 is 13.8. The van der Waals surface area contributed by atoms with E-state index in [1.54, 1.807) is 26.4 Å². The Morgan fingerprint density at radius 1 is 1.35 bits per heavy atom. The summed E-state index contributed by atoms with van der Waals surface area (Å²) in [6.07, 6.45) is 3.61. The van der Waals surface area contributed by atoms with E-state index in [2.05, 4.69) is 25.2 Å². The van der Waals surface area contributed by atoms with Crippen LogP contribution in [0.4, 0.5) is 15.9 Å². The van der Waals surface area contributed by atoms with Crippen LogP contribution in [0.2, 0.25) is 0 Å². The van der Waals surface area contributed by atoms with Crippen LogP contribution in [0, 0.1) is 19.7 Å². The van der Waals surface area contributed by atoms with Gasteiger partial charge in [-0.1, -0.05) is 0 Å². The number of aryl methyl sites for hydroxylation is 1. The lowest BCUT2D eigenvalue weighted by molar-refractivity contribution is 0.0815. The van der Waals surface area contributed by atoms with Gasteiger partial charge in [-0.3, -0.25) is 9.78 Å². The number of hydrogen-bond donors (Lipinski definition) is 1. The maximum absolute atomic E-state index is 13.8. The van der Waals surface area contributed by atoms with E-state index in [4.69, 9.17) is 0 Å².